The first-order valence-electron chi connectivity index (χ1n) is 11.0. The topological polar surface area (TPSA) is 3.24 Å². The molecule has 0 radical (unpaired) electrons. The van der Waals surface area contributed by atoms with Gasteiger partial charge in [0.2, 0.25) is 0 Å². The van der Waals surface area contributed by atoms with Crippen LogP contribution in [0.2, 0.25) is 0 Å². The third-order valence-electron chi connectivity index (χ3n) is 6.43. The van der Waals surface area contributed by atoms with Crippen molar-refractivity contribution in [1.29, 1.82) is 0 Å². The van der Waals surface area contributed by atoms with Crippen LogP contribution in [0.3, 0.4) is 0 Å². The number of benzene rings is 4. The molecule has 2 aliphatic rings. The monoisotopic (exact) mass is 475 g/mol. The van der Waals surface area contributed by atoms with Gasteiger partial charge in [0.25, 0.3) is 0 Å². The number of hydrogen-bond acceptors (Lipinski definition) is 1. The second-order valence-electron chi connectivity index (χ2n) is 8.31. The van der Waals surface area contributed by atoms with Gasteiger partial charge in [0.1, 0.15) is 0 Å². The Morgan fingerprint density at radius 2 is 1.50 bits per heavy atom. The number of rotatable bonds is 3. The summed E-state index contributed by atoms with van der Waals surface area (Å²) in [5, 5.41) is 0. The first-order valence-corrected chi connectivity index (χ1v) is 11.8. The molecule has 1 aliphatic heterocycles. The van der Waals surface area contributed by atoms with Crippen molar-refractivity contribution in [1.82, 2.24) is 0 Å². The summed E-state index contributed by atoms with van der Waals surface area (Å²) in [6.07, 6.45) is 7.79. The molecular formula is C30H22BrN. The van der Waals surface area contributed by atoms with E-state index in [0.717, 1.165) is 10.9 Å². The van der Waals surface area contributed by atoms with Gasteiger partial charge in [-0.15, -0.1) is 0 Å². The number of anilines is 2. The van der Waals surface area contributed by atoms with Crippen molar-refractivity contribution in [2.45, 2.75) is 12.3 Å². The van der Waals surface area contributed by atoms with E-state index >= 15 is 0 Å². The molecule has 0 bridgehead atoms. The standard InChI is InChI=1S/C30H22BrN/c31-28-15-6-4-13-25(28)23-10-8-9-21(19-23)22-17-18-30-27(20-22)26-14-5-7-16-29(26)32(30)24-11-2-1-3-12-24/h1-13,15-20,26H,14H2. The minimum Gasteiger partial charge on any atom is -0.313 e. The minimum absolute atomic E-state index is 0.404. The number of halogens is 1. The average molecular weight is 476 g/mol. The summed E-state index contributed by atoms with van der Waals surface area (Å²) in [5.41, 5.74) is 10.2. The number of hydrogen-bond donors (Lipinski definition) is 0. The highest BCUT2D eigenvalue weighted by atomic mass is 79.9. The van der Waals surface area contributed by atoms with Crippen molar-refractivity contribution in [2.75, 3.05) is 4.90 Å². The van der Waals surface area contributed by atoms with E-state index in [-0.39, 0.29) is 0 Å². The highest BCUT2D eigenvalue weighted by Crippen LogP contribution is 2.51. The van der Waals surface area contributed by atoms with Gasteiger partial charge in [-0.3, -0.25) is 0 Å². The van der Waals surface area contributed by atoms with Crippen LogP contribution in [0.4, 0.5) is 11.4 Å². The smallest absolute Gasteiger partial charge is 0.0497 e. The van der Waals surface area contributed by atoms with Gasteiger partial charge in [-0.2, -0.15) is 0 Å². The fourth-order valence-corrected chi connectivity index (χ4v) is 5.43. The maximum Gasteiger partial charge on any atom is 0.0497 e. The zero-order valence-electron chi connectivity index (χ0n) is 17.6. The fraction of sp³-hybridized carbons (Fsp3) is 0.0667. The Balaban J connectivity index is 1.45. The maximum atomic E-state index is 3.70. The molecule has 0 saturated carbocycles. The van der Waals surface area contributed by atoms with Crippen LogP contribution >= 0.6 is 15.9 Å². The lowest BCUT2D eigenvalue weighted by molar-refractivity contribution is 0.820. The molecule has 0 amide bonds. The van der Waals surface area contributed by atoms with Crippen molar-refractivity contribution in [3.05, 3.63) is 131 Å². The third-order valence-corrected chi connectivity index (χ3v) is 7.12. The first-order chi connectivity index (χ1) is 15.8. The van der Waals surface area contributed by atoms with Crippen LogP contribution in [0.15, 0.2) is 125 Å². The van der Waals surface area contributed by atoms with Crippen LogP contribution in [-0.4, -0.2) is 0 Å². The van der Waals surface area contributed by atoms with Crippen molar-refractivity contribution in [3.63, 3.8) is 0 Å². The molecule has 1 nitrogen and oxygen atoms in total. The van der Waals surface area contributed by atoms with Gasteiger partial charge < -0.3 is 4.90 Å². The van der Waals surface area contributed by atoms with E-state index in [0.29, 0.717) is 5.92 Å². The number of allylic oxidation sites excluding steroid dienone is 4. The van der Waals surface area contributed by atoms with Gasteiger partial charge >= 0.3 is 0 Å². The van der Waals surface area contributed by atoms with Crippen LogP contribution in [0.1, 0.15) is 17.9 Å². The van der Waals surface area contributed by atoms with Gasteiger partial charge in [0.05, 0.1) is 0 Å². The van der Waals surface area contributed by atoms with Crippen molar-refractivity contribution < 1.29 is 0 Å². The summed E-state index contributed by atoms with van der Waals surface area (Å²) >= 11 is 3.70. The second kappa shape index (κ2) is 7.96. The molecule has 1 unspecified atom stereocenters. The molecule has 4 aromatic rings. The first kappa shape index (κ1) is 19.3. The summed E-state index contributed by atoms with van der Waals surface area (Å²) in [5.74, 6) is 0.404. The van der Waals surface area contributed by atoms with Gasteiger partial charge in [0.15, 0.2) is 0 Å². The molecule has 2 heteroatoms. The fourth-order valence-electron chi connectivity index (χ4n) is 4.92. The quantitative estimate of drug-likeness (QED) is 0.285. The second-order valence-corrected chi connectivity index (χ2v) is 9.17. The Kier molecular flexibility index (Phi) is 4.81. The van der Waals surface area contributed by atoms with E-state index in [2.05, 4.69) is 136 Å². The van der Waals surface area contributed by atoms with Crippen molar-refractivity contribution >= 4 is 27.3 Å². The predicted molar refractivity (Wildman–Crippen MR) is 138 cm³/mol. The van der Waals surface area contributed by atoms with Crippen LogP contribution in [-0.2, 0) is 0 Å². The summed E-state index contributed by atoms with van der Waals surface area (Å²) in [6.45, 7) is 0. The molecule has 154 valence electrons. The van der Waals surface area contributed by atoms with Gasteiger partial charge in [0, 0.05) is 27.5 Å². The van der Waals surface area contributed by atoms with Crippen LogP contribution in [0.5, 0.6) is 0 Å². The van der Waals surface area contributed by atoms with Gasteiger partial charge in [-0.25, -0.2) is 0 Å². The average Bonchev–Trinajstić information content (AvgIpc) is 3.19. The molecular weight excluding hydrogens is 454 g/mol. The SMILES string of the molecule is Brc1ccccc1-c1cccc(-c2ccc3c(c2)C2CC=CC=C2N3c2ccccc2)c1. The Bertz CT molecular complexity index is 1370. The van der Waals surface area contributed by atoms with Crippen LogP contribution < -0.4 is 4.90 Å². The minimum atomic E-state index is 0.404. The predicted octanol–water partition coefficient (Wildman–Crippen LogP) is 8.86. The number of nitrogens with zero attached hydrogens (tertiary/aromatic N) is 1. The number of para-hydroxylation sites is 1. The van der Waals surface area contributed by atoms with Crippen molar-refractivity contribution in [3.8, 4) is 22.3 Å². The summed E-state index contributed by atoms with van der Waals surface area (Å²) < 4.78 is 1.12. The summed E-state index contributed by atoms with van der Waals surface area (Å²) in [7, 11) is 0. The molecule has 1 aliphatic carbocycles. The van der Waals surface area contributed by atoms with Gasteiger partial charge in [-0.1, -0.05) is 88.7 Å². The Morgan fingerprint density at radius 1 is 0.719 bits per heavy atom. The number of fused-ring (bicyclic) bond motifs is 3. The molecule has 0 saturated heterocycles. The molecule has 1 atom stereocenters. The molecule has 6 rings (SSSR count). The third kappa shape index (κ3) is 3.23. The molecule has 1 heterocycles. The molecule has 0 N–H and O–H groups in total. The molecule has 0 fully saturated rings. The van der Waals surface area contributed by atoms with E-state index in [9.17, 15) is 0 Å². The normalized spacial score (nSPS) is 16.5. The zero-order valence-corrected chi connectivity index (χ0v) is 19.2. The highest BCUT2D eigenvalue weighted by Gasteiger charge is 2.34. The lowest BCUT2D eigenvalue weighted by atomic mass is 9.90. The molecule has 0 spiro atoms. The Hall–Kier alpha value is -3.36. The van der Waals surface area contributed by atoms with Crippen LogP contribution in [0.25, 0.3) is 22.3 Å². The summed E-state index contributed by atoms with van der Waals surface area (Å²) in [4.78, 5) is 2.42. The van der Waals surface area contributed by atoms with E-state index in [1.54, 1.807) is 0 Å². The van der Waals surface area contributed by atoms with E-state index in [1.807, 2.05) is 0 Å². The molecule has 32 heavy (non-hydrogen) atoms. The van der Waals surface area contributed by atoms with E-state index < -0.39 is 0 Å². The lowest BCUT2D eigenvalue weighted by Gasteiger charge is -2.24. The molecule has 4 aromatic carbocycles. The zero-order chi connectivity index (χ0) is 21.5. The maximum absolute atomic E-state index is 3.70. The summed E-state index contributed by atoms with van der Waals surface area (Å²) in [6, 6.07) is 34.9. The lowest BCUT2D eigenvalue weighted by Crippen LogP contribution is -2.14. The van der Waals surface area contributed by atoms with Crippen LogP contribution in [0, 0.1) is 0 Å². The van der Waals surface area contributed by atoms with Gasteiger partial charge in [-0.05, 0) is 76.7 Å². The molecule has 0 aromatic heterocycles. The Labute approximate surface area is 197 Å². The highest BCUT2D eigenvalue weighted by molar-refractivity contribution is 9.10. The van der Waals surface area contributed by atoms with Crippen molar-refractivity contribution in [2.24, 2.45) is 0 Å². The van der Waals surface area contributed by atoms with E-state index in [1.165, 1.54) is 44.9 Å². The Morgan fingerprint density at radius 3 is 2.38 bits per heavy atom. The van der Waals surface area contributed by atoms with E-state index in [4.69, 9.17) is 0 Å². The largest absolute Gasteiger partial charge is 0.313 e.